The standard InChI is InChI=1S/C19H34O4/c1-3-5-7-9-15(21)12-17-16(18(22)13-19(17)23)11-10-14(20)8-6-4-2/h3,5,10-11,14-23H,4,6-9,12-13H2,1-2H3/b5-3+,11-10?/t14?,15?,16-,17-,18?,19?/m1/s1. The minimum atomic E-state index is -0.604. The molecule has 0 bridgehead atoms. The molecule has 1 aliphatic carbocycles. The molecular formula is C19H34O4. The van der Waals surface area contributed by atoms with Crippen LogP contribution in [0.15, 0.2) is 24.3 Å². The summed E-state index contributed by atoms with van der Waals surface area (Å²) in [5.74, 6) is -0.349. The Morgan fingerprint density at radius 3 is 2.52 bits per heavy atom. The van der Waals surface area contributed by atoms with Gasteiger partial charge in [-0.15, -0.1) is 0 Å². The Morgan fingerprint density at radius 2 is 1.87 bits per heavy atom. The highest BCUT2D eigenvalue weighted by molar-refractivity contribution is 5.04. The van der Waals surface area contributed by atoms with Crippen LogP contribution >= 0.6 is 0 Å². The molecule has 0 aromatic rings. The zero-order valence-corrected chi connectivity index (χ0v) is 14.5. The molecule has 1 aliphatic rings. The SMILES string of the molecule is C/C=C/CCC(O)C[C@H]1C(O)CC(O)[C@@H]1C=CC(O)CCCC. The van der Waals surface area contributed by atoms with Crippen LogP contribution in [-0.4, -0.2) is 44.8 Å². The molecule has 0 amide bonds. The Kier molecular flexibility index (Phi) is 9.72. The lowest BCUT2D eigenvalue weighted by molar-refractivity contribution is 0.0665. The van der Waals surface area contributed by atoms with Gasteiger partial charge in [0, 0.05) is 12.3 Å². The number of allylic oxidation sites excluding steroid dienone is 2. The van der Waals surface area contributed by atoms with Gasteiger partial charge < -0.3 is 20.4 Å². The molecule has 0 spiro atoms. The number of aliphatic hydroxyl groups excluding tert-OH is 4. The number of hydrogen-bond acceptors (Lipinski definition) is 4. The first-order chi connectivity index (χ1) is 11.0. The summed E-state index contributed by atoms with van der Waals surface area (Å²) in [6.45, 7) is 4.03. The highest BCUT2D eigenvalue weighted by atomic mass is 16.3. The predicted octanol–water partition coefficient (Wildman–Crippen LogP) is 2.56. The van der Waals surface area contributed by atoms with E-state index in [2.05, 4.69) is 6.92 Å². The average Bonchev–Trinajstić information content (AvgIpc) is 2.77. The first-order valence-electron chi connectivity index (χ1n) is 9.01. The molecule has 0 aromatic heterocycles. The lowest BCUT2D eigenvalue weighted by atomic mass is 9.87. The number of unbranched alkanes of at least 4 members (excludes halogenated alkanes) is 1. The molecule has 6 atom stereocenters. The molecule has 4 nitrogen and oxygen atoms in total. The first-order valence-corrected chi connectivity index (χ1v) is 9.01. The molecule has 0 aliphatic heterocycles. The minimum Gasteiger partial charge on any atom is -0.393 e. The van der Waals surface area contributed by atoms with Gasteiger partial charge in [0.25, 0.3) is 0 Å². The maximum Gasteiger partial charge on any atom is 0.0721 e. The maximum atomic E-state index is 10.2. The topological polar surface area (TPSA) is 80.9 Å². The van der Waals surface area contributed by atoms with Crippen LogP contribution in [0.4, 0.5) is 0 Å². The van der Waals surface area contributed by atoms with E-state index < -0.39 is 24.4 Å². The number of hydrogen-bond donors (Lipinski definition) is 4. The van der Waals surface area contributed by atoms with Crippen molar-refractivity contribution < 1.29 is 20.4 Å². The Labute approximate surface area is 140 Å². The number of rotatable bonds is 10. The van der Waals surface area contributed by atoms with Crippen LogP contribution in [0.2, 0.25) is 0 Å². The summed E-state index contributed by atoms with van der Waals surface area (Å²) in [7, 11) is 0. The summed E-state index contributed by atoms with van der Waals surface area (Å²) >= 11 is 0. The summed E-state index contributed by atoms with van der Waals surface area (Å²) in [5.41, 5.74) is 0. The van der Waals surface area contributed by atoms with Crippen LogP contribution in [-0.2, 0) is 0 Å². The fourth-order valence-corrected chi connectivity index (χ4v) is 3.36. The third-order valence-corrected chi connectivity index (χ3v) is 4.77. The van der Waals surface area contributed by atoms with E-state index >= 15 is 0 Å². The van der Waals surface area contributed by atoms with E-state index in [1.807, 2.05) is 25.2 Å². The maximum absolute atomic E-state index is 10.2. The highest BCUT2D eigenvalue weighted by Gasteiger charge is 2.40. The van der Waals surface area contributed by atoms with Gasteiger partial charge in [-0.25, -0.2) is 0 Å². The van der Waals surface area contributed by atoms with Gasteiger partial charge in [-0.05, 0) is 38.5 Å². The van der Waals surface area contributed by atoms with Crippen LogP contribution in [0, 0.1) is 11.8 Å². The second kappa shape index (κ2) is 11.0. The molecule has 0 heterocycles. The molecule has 1 fully saturated rings. The van der Waals surface area contributed by atoms with Gasteiger partial charge in [0.15, 0.2) is 0 Å². The molecule has 4 heteroatoms. The molecule has 23 heavy (non-hydrogen) atoms. The van der Waals surface area contributed by atoms with Crippen LogP contribution in [0.3, 0.4) is 0 Å². The van der Waals surface area contributed by atoms with E-state index in [1.165, 1.54) is 0 Å². The van der Waals surface area contributed by atoms with Crippen molar-refractivity contribution in [2.24, 2.45) is 11.8 Å². The lowest BCUT2D eigenvalue weighted by Gasteiger charge is -2.23. The van der Waals surface area contributed by atoms with E-state index in [0.29, 0.717) is 19.3 Å². The van der Waals surface area contributed by atoms with Crippen molar-refractivity contribution in [3.05, 3.63) is 24.3 Å². The summed E-state index contributed by atoms with van der Waals surface area (Å²) < 4.78 is 0. The van der Waals surface area contributed by atoms with E-state index in [0.717, 1.165) is 25.7 Å². The molecule has 4 N–H and O–H groups in total. The predicted molar refractivity (Wildman–Crippen MR) is 93.0 cm³/mol. The van der Waals surface area contributed by atoms with Crippen LogP contribution in [0.25, 0.3) is 0 Å². The van der Waals surface area contributed by atoms with Crippen molar-refractivity contribution in [3.8, 4) is 0 Å². The lowest BCUT2D eigenvalue weighted by Crippen LogP contribution is -2.25. The van der Waals surface area contributed by atoms with Gasteiger partial charge in [-0.2, -0.15) is 0 Å². The molecule has 0 radical (unpaired) electrons. The minimum absolute atomic E-state index is 0.153. The average molecular weight is 326 g/mol. The third-order valence-electron chi connectivity index (χ3n) is 4.77. The van der Waals surface area contributed by atoms with E-state index in [1.54, 1.807) is 6.08 Å². The van der Waals surface area contributed by atoms with Gasteiger partial charge in [0.2, 0.25) is 0 Å². The van der Waals surface area contributed by atoms with Crippen molar-refractivity contribution in [1.29, 1.82) is 0 Å². The first kappa shape index (κ1) is 20.4. The zero-order valence-electron chi connectivity index (χ0n) is 14.5. The molecule has 0 saturated heterocycles. The van der Waals surface area contributed by atoms with Crippen LogP contribution in [0.5, 0.6) is 0 Å². The largest absolute Gasteiger partial charge is 0.393 e. The fraction of sp³-hybridized carbons (Fsp3) is 0.789. The van der Waals surface area contributed by atoms with Gasteiger partial charge >= 0.3 is 0 Å². The van der Waals surface area contributed by atoms with Gasteiger partial charge in [0.1, 0.15) is 0 Å². The Hall–Kier alpha value is -0.680. The summed E-state index contributed by atoms with van der Waals surface area (Å²) in [6, 6.07) is 0. The van der Waals surface area contributed by atoms with Crippen molar-refractivity contribution in [3.63, 3.8) is 0 Å². The molecule has 134 valence electrons. The smallest absolute Gasteiger partial charge is 0.0721 e. The van der Waals surface area contributed by atoms with Crippen molar-refractivity contribution in [2.45, 2.75) is 83.2 Å². The highest BCUT2D eigenvalue weighted by Crippen LogP contribution is 2.37. The van der Waals surface area contributed by atoms with Crippen molar-refractivity contribution in [2.75, 3.05) is 0 Å². The normalized spacial score (nSPS) is 31.2. The summed E-state index contributed by atoms with van der Waals surface area (Å²) in [5, 5.41) is 40.4. The van der Waals surface area contributed by atoms with Crippen LogP contribution < -0.4 is 0 Å². The second-order valence-electron chi connectivity index (χ2n) is 6.74. The zero-order chi connectivity index (χ0) is 17.2. The monoisotopic (exact) mass is 326 g/mol. The summed E-state index contributed by atoms with van der Waals surface area (Å²) in [4.78, 5) is 0. The molecule has 4 unspecified atom stereocenters. The quantitative estimate of drug-likeness (QED) is 0.465. The van der Waals surface area contributed by atoms with E-state index in [-0.39, 0.29) is 11.8 Å². The van der Waals surface area contributed by atoms with E-state index in [4.69, 9.17) is 0 Å². The van der Waals surface area contributed by atoms with Gasteiger partial charge in [-0.1, -0.05) is 44.1 Å². The Bertz CT molecular complexity index is 366. The van der Waals surface area contributed by atoms with E-state index in [9.17, 15) is 20.4 Å². The van der Waals surface area contributed by atoms with Crippen molar-refractivity contribution in [1.82, 2.24) is 0 Å². The third kappa shape index (κ3) is 7.17. The van der Waals surface area contributed by atoms with Gasteiger partial charge in [0.05, 0.1) is 24.4 Å². The molecule has 0 aromatic carbocycles. The number of aliphatic hydroxyl groups is 4. The summed E-state index contributed by atoms with van der Waals surface area (Å²) in [6.07, 6.45) is 10.4. The van der Waals surface area contributed by atoms with Crippen molar-refractivity contribution >= 4 is 0 Å². The fourth-order valence-electron chi connectivity index (χ4n) is 3.36. The van der Waals surface area contributed by atoms with Gasteiger partial charge in [-0.3, -0.25) is 0 Å². The van der Waals surface area contributed by atoms with Crippen LogP contribution in [0.1, 0.15) is 58.8 Å². The Morgan fingerprint density at radius 1 is 1.13 bits per heavy atom. The molecule has 1 saturated carbocycles. The Balaban J connectivity index is 2.58. The second-order valence-corrected chi connectivity index (χ2v) is 6.74. The molecule has 1 rings (SSSR count). The molecular weight excluding hydrogens is 292 g/mol.